The third kappa shape index (κ3) is 4.71. The predicted molar refractivity (Wildman–Crippen MR) is 132 cm³/mol. The summed E-state index contributed by atoms with van der Waals surface area (Å²) in [5.74, 6) is 0.172. The lowest BCUT2D eigenvalue weighted by Gasteiger charge is -2.10. The maximum Gasteiger partial charge on any atom is 0.416 e. The molecule has 10 heteroatoms. The van der Waals surface area contributed by atoms with Crippen LogP contribution in [0.25, 0.3) is 27.6 Å². The number of allylic oxidation sites excluding steroid dienone is 1. The maximum absolute atomic E-state index is 13.0. The second-order valence-electron chi connectivity index (χ2n) is 8.92. The molecule has 2 aromatic heterocycles. The number of carbonyl (C=O) groups is 1. The molecule has 0 radical (unpaired) electrons. The molecule has 5 rings (SSSR count). The van der Waals surface area contributed by atoms with Crippen molar-refractivity contribution in [2.24, 2.45) is 13.0 Å². The third-order valence-corrected chi connectivity index (χ3v) is 6.22. The van der Waals surface area contributed by atoms with Crippen molar-refractivity contribution in [3.05, 3.63) is 72.1 Å². The van der Waals surface area contributed by atoms with Crippen LogP contribution >= 0.6 is 0 Å². The summed E-state index contributed by atoms with van der Waals surface area (Å²) >= 11 is 0. The van der Waals surface area contributed by atoms with Gasteiger partial charge in [-0.2, -0.15) is 18.3 Å². The number of carbonyl (C=O) groups excluding carboxylic acids is 1. The number of halogens is 3. The zero-order chi connectivity index (χ0) is 25.4. The van der Waals surface area contributed by atoms with Crippen LogP contribution in [0.1, 0.15) is 28.8 Å². The van der Waals surface area contributed by atoms with Crippen molar-refractivity contribution in [3.8, 4) is 5.69 Å². The summed E-state index contributed by atoms with van der Waals surface area (Å²) in [6.45, 7) is 0.937. The third-order valence-electron chi connectivity index (χ3n) is 6.22. The zero-order valence-electron chi connectivity index (χ0n) is 19.6. The van der Waals surface area contributed by atoms with Gasteiger partial charge < -0.3 is 16.0 Å². The van der Waals surface area contributed by atoms with Gasteiger partial charge in [0.05, 0.1) is 11.1 Å². The highest BCUT2D eigenvalue weighted by atomic mass is 19.4. The Morgan fingerprint density at radius 3 is 2.58 bits per heavy atom. The summed E-state index contributed by atoms with van der Waals surface area (Å²) in [5.41, 5.74) is 2.28. The molecule has 2 heterocycles. The number of aromatic nitrogens is 3. The first kappa shape index (κ1) is 23.7. The number of hydrogen-bond donors (Lipinski definition) is 3. The highest BCUT2D eigenvalue weighted by molar-refractivity contribution is 6.10. The first-order valence-corrected chi connectivity index (χ1v) is 11.6. The van der Waals surface area contributed by atoms with Gasteiger partial charge in [0.25, 0.3) is 5.91 Å². The van der Waals surface area contributed by atoms with Crippen molar-refractivity contribution in [2.75, 3.05) is 13.1 Å². The molecule has 3 N–H and O–H groups in total. The molecular formula is C26H25F3N6O. The van der Waals surface area contributed by atoms with E-state index in [2.05, 4.69) is 15.7 Å². The smallest absolute Gasteiger partial charge is 0.389 e. The Kier molecular flexibility index (Phi) is 6.03. The van der Waals surface area contributed by atoms with E-state index in [-0.39, 0.29) is 5.91 Å². The van der Waals surface area contributed by atoms with Gasteiger partial charge in [0.2, 0.25) is 0 Å². The molecular weight excluding hydrogens is 469 g/mol. The number of nitrogens with one attached hydrogen (secondary N) is 3. The van der Waals surface area contributed by atoms with Gasteiger partial charge in [0.1, 0.15) is 0 Å². The average Bonchev–Trinajstić information content (AvgIpc) is 3.57. The van der Waals surface area contributed by atoms with Crippen molar-refractivity contribution in [1.29, 1.82) is 5.41 Å². The fourth-order valence-corrected chi connectivity index (χ4v) is 4.21. The van der Waals surface area contributed by atoms with Gasteiger partial charge in [-0.1, -0.05) is 0 Å². The van der Waals surface area contributed by atoms with Crippen LogP contribution in [0.3, 0.4) is 0 Å². The predicted octanol–water partition coefficient (Wildman–Crippen LogP) is 4.80. The molecule has 2 aromatic carbocycles. The van der Waals surface area contributed by atoms with E-state index >= 15 is 0 Å². The number of hydrogen-bond acceptors (Lipinski definition) is 4. The van der Waals surface area contributed by atoms with Crippen molar-refractivity contribution < 1.29 is 18.0 Å². The topological polar surface area (TPSA) is 87.7 Å². The van der Waals surface area contributed by atoms with Crippen LogP contribution < -0.4 is 10.6 Å². The van der Waals surface area contributed by atoms with Crippen LogP contribution in [-0.4, -0.2) is 39.1 Å². The van der Waals surface area contributed by atoms with Crippen molar-refractivity contribution >= 4 is 33.6 Å². The van der Waals surface area contributed by atoms with Crippen LogP contribution in [0.2, 0.25) is 0 Å². The minimum absolute atomic E-state index is 0.229. The summed E-state index contributed by atoms with van der Waals surface area (Å²) in [6.07, 6.45) is 3.09. The lowest BCUT2D eigenvalue weighted by atomic mass is 10.1. The summed E-state index contributed by atoms with van der Waals surface area (Å²) in [5, 5.41) is 19.9. The van der Waals surface area contributed by atoms with Crippen LogP contribution in [0, 0.1) is 11.3 Å². The van der Waals surface area contributed by atoms with Gasteiger partial charge in [0.15, 0.2) is 5.65 Å². The molecule has 0 aliphatic heterocycles. The van der Waals surface area contributed by atoms with E-state index in [0.717, 1.165) is 41.3 Å². The molecule has 0 atom stereocenters. The van der Waals surface area contributed by atoms with E-state index in [9.17, 15) is 18.0 Å². The Hall–Kier alpha value is -4.08. The summed E-state index contributed by atoms with van der Waals surface area (Å²) in [6, 6.07) is 10.2. The SMILES string of the molecule is Cn1cc2c3cc(C(=O)NCCN/C=C\C(=N)C4CC4)ccc3n(-c3ccc(C(F)(F)F)cc3)c2n1. The number of alkyl halides is 3. The molecule has 4 aromatic rings. The Labute approximate surface area is 205 Å². The van der Waals surface area contributed by atoms with Crippen molar-refractivity contribution in [1.82, 2.24) is 25.0 Å². The maximum atomic E-state index is 13.0. The summed E-state index contributed by atoms with van der Waals surface area (Å²) in [4.78, 5) is 12.8. The second kappa shape index (κ2) is 9.18. The van der Waals surface area contributed by atoms with E-state index in [4.69, 9.17) is 5.41 Å². The molecule has 186 valence electrons. The lowest BCUT2D eigenvalue weighted by Crippen LogP contribution is -2.30. The van der Waals surface area contributed by atoms with Crippen molar-refractivity contribution in [3.63, 3.8) is 0 Å². The van der Waals surface area contributed by atoms with E-state index in [1.807, 2.05) is 6.20 Å². The largest absolute Gasteiger partial charge is 0.416 e. The Balaban J connectivity index is 1.35. The molecule has 1 aliphatic rings. The number of fused-ring (bicyclic) bond motifs is 3. The minimum atomic E-state index is -4.41. The van der Waals surface area contributed by atoms with E-state index in [1.165, 1.54) is 12.1 Å². The van der Waals surface area contributed by atoms with Crippen molar-refractivity contribution in [2.45, 2.75) is 19.0 Å². The van der Waals surface area contributed by atoms with Gasteiger partial charge in [-0.25, -0.2) is 0 Å². The standard InChI is InChI=1S/C26H25F3N6O/c1-34-15-21-20-14-17(25(36)32-13-12-31-11-10-22(30)16-2-3-16)4-9-23(20)35(24(21)33-34)19-7-5-18(6-8-19)26(27,28)29/h4-11,14-16,30-31H,2-3,12-13H2,1H3,(H,32,36)/b11-10-,30-22?. The molecule has 0 bridgehead atoms. The quantitative estimate of drug-likeness (QED) is 0.243. The van der Waals surface area contributed by atoms with Gasteiger partial charge >= 0.3 is 6.18 Å². The number of nitrogens with zero attached hydrogens (tertiary/aromatic N) is 3. The summed E-state index contributed by atoms with van der Waals surface area (Å²) in [7, 11) is 1.77. The fraction of sp³-hybridized carbons (Fsp3) is 0.269. The van der Waals surface area contributed by atoms with Gasteiger partial charge in [-0.15, -0.1) is 0 Å². The van der Waals surface area contributed by atoms with E-state index < -0.39 is 11.7 Å². The van der Waals surface area contributed by atoms with Crippen LogP contribution in [0.5, 0.6) is 0 Å². The molecule has 1 aliphatic carbocycles. The summed E-state index contributed by atoms with van der Waals surface area (Å²) < 4.78 is 42.5. The highest BCUT2D eigenvalue weighted by Gasteiger charge is 2.30. The molecule has 1 fully saturated rings. The number of amides is 1. The monoisotopic (exact) mass is 494 g/mol. The van der Waals surface area contributed by atoms with Crippen LogP contribution in [-0.2, 0) is 13.2 Å². The zero-order valence-corrected chi connectivity index (χ0v) is 19.6. The fourth-order valence-electron chi connectivity index (χ4n) is 4.21. The number of aryl methyl sites for hydroxylation is 1. The Bertz CT molecular complexity index is 1480. The Morgan fingerprint density at radius 2 is 1.89 bits per heavy atom. The molecule has 1 amide bonds. The lowest BCUT2D eigenvalue weighted by molar-refractivity contribution is -0.137. The van der Waals surface area contributed by atoms with Gasteiger partial charge in [-0.05, 0) is 67.6 Å². The number of benzene rings is 2. The first-order valence-electron chi connectivity index (χ1n) is 11.6. The first-order chi connectivity index (χ1) is 17.2. The molecule has 0 saturated heterocycles. The van der Waals surface area contributed by atoms with Crippen LogP contribution in [0.4, 0.5) is 13.2 Å². The highest BCUT2D eigenvalue weighted by Crippen LogP contribution is 2.34. The minimum Gasteiger partial charge on any atom is -0.389 e. The van der Waals surface area contributed by atoms with E-state index in [1.54, 1.807) is 46.8 Å². The van der Waals surface area contributed by atoms with Gasteiger partial charge in [0, 0.05) is 60.0 Å². The number of rotatable bonds is 8. The molecule has 0 unspecified atom stereocenters. The normalized spacial score (nSPS) is 14.1. The Morgan fingerprint density at radius 1 is 1.14 bits per heavy atom. The molecule has 36 heavy (non-hydrogen) atoms. The molecule has 1 saturated carbocycles. The average molecular weight is 495 g/mol. The second-order valence-corrected chi connectivity index (χ2v) is 8.92. The molecule has 0 spiro atoms. The van der Waals surface area contributed by atoms with Gasteiger partial charge in [-0.3, -0.25) is 14.0 Å². The van der Waals surface area contributed by atoms with E-state index in [0.29, 0.717) is 41.6 Å². The van der Waals surface area contributed by atoms with Crippen LogP contribution in [0.15, 0.2) is 60.9 Å². The molecule has 7 nitrogen and oxygen atoms in total.